The first kappa shape index (κ1) is 16.6. The van der Waals surface area contributed by atoms with Crippen LogP contribution in [-0.2, 0) is 6.54 Å². The summed E-state index contributed by atoms with van der Waals surface area (Å²) in [4.78, 5) is 5.19. The van der Waals surface area contributed by atoms with Gasteiger partial charge in [-0.15, -0.1) is 0 Å². The molecule has 0 spiro atoms. The van der Waals surface area contributed by atoms with Gasteiger partial charge in [-0.3, -0.25) is 9.80 Å². The lowest BCUT2D eigenvalue weighted by Crippen LogP contribution is -2.50. The Morgan fingerprint density at radius 2 is 2.12 bits per heavy atom. The molecule has 0 saturated carbocycles. The van der Waals surface area contributed by atoms with E-state index in [0.29, 0.717) is 0 Å². The van der Waals surface area contributed by atoms with Gasteiger partial charge in [-0.2, -0.15) is 5.10 Å². The van der Waals surface area contributed by atoms with Crippen LogP contribution in [0.4, 0.5) is 0 Å². The second-order valence-corrected chi connectivity index (χ2v) is 6.90. The van der Waals surface area contributed by atoms with Crippen LogP contribution in [0.3, 0.4) is 0 Å². The highest BCUT2D eigenvalue weighted by atomic mass is 16.5. The monoisotopic (exact) mass is 341 g/mol. The van der Waals surface area contributed by atoms with Crippen LogP contribution in [0.1, 0.15) is 12.0 Å². The van der Waals surface area contributed by atoms with E-state index in [1.54, 1.807) is 7.11 Å². The van der Waals surface area contributed by atoms with Crippen molar-refractivity contribution in [3.8, 4) is 11.4 Å². The van der Waals surface area contributed by atoms with E-state index in [1.165, 1.54) is 18.5 Å². The van der Waals surface area contributed by atoms with Gasteiger partial charge >= 0.3 is 0 Å². The number of hydrogen-bond donors (Lipinski definition) is 1. The molecule has 0 amide bonds. The first-order valence-electron chi connectivity index (χ1n) is 9.17. The largest absolute Gasteiger partial charge is 0.497 e. The summed E-state index contributed by atoms with van der Waals surface area (Å²) in [6, 6.07) is 8.94. The van der Waals surface area contributed by atoms with Crippen molar-refractivity contribution >= 4 is 0 Å². The van der Waals surface area contributed by atoms with E-state index in [0.717, 1.165) is 56.7 Å². The van der Waals surface area contributed by atoms with Gasteiger partial charge in [0.25, 0.3) is 0 Å². The standard InChI is InChI=1S/C19H27N5O/c1-25-18-3-4-19(24-8-2-6-21-24)16(13-18)15-22-9-11-23(12-10-22)17-5-7-20-14-17/h2-4,6,8,13,17,20H,5,7,9-12,14-15H2,1H3/t17-/m0/s1. The summed E-state index contributed by atoms with van der Waals surface area (Å²) in [5, 5.41) is 7.88. The van der Waals surface area contributed by atoms with Gasteiger partial charge in [-0.25, -0.2) is 4.68 Å². The third-order valence-corrected chi connectivity index (χ3v) is 5.39. The van der Waals surface area contributed by atoms with Crippen molar-refractivity contribution in [2.24, 2.45) is 0 Å². The molecule has 1 aromatic carbocycles. The van der Waals surface area contributed by atoms with Gasteiger partial charge in [0.2, 0.25) is 0 Å². The Balaban J connectivity index is 1.45. The molecule has 1 aromatic heterocycles. The summed E-state index contributed by atoms with van der Waals surface area (Å²) in [5.41, 5.74) is 2.40. The van der Waals surface area contributed by atoms with Crippen LogP contribution in [0, 0.1) is 0 Å². The van der Waals surface area contributed by atoms with E-state index in [-0.39, 0.29) is 0 Å². The molecule has 4 rings (SSSR count). The number of piperazine rings is 1. The van der Waals surface area contributed by atoms with Crippen molar-refractivity contribution in [1.29, 1.82) is 0 Å². The molecule has 2 aromatic rings. The van der Waals surface area contributed by atoms with Crippen LogP contribution in [-0.4, -0.2) is 72.0 Å². The second kappa shape index (κ2) is 7.56. The molecule has 6 heteroatoms. The minimum absolute atomic E-state index is 0.735. The van der Waals surface area contributed by atoms with E-state index < -0.39 is 0 Å². The summed E-state index contributed by atoms with van der Waals surface area (Å²) < 4.78 is 7.38. The minimum Gasteiger partial charge on any atom is -0.497 e. The fraction of sp³-hybridized carbons (Fsp3) is 0.526. The lowest BCUT2D eigenvalue weighted by Gasteiger charge is -2.38. The SMILES string of the molecule is COc1ccc(-n2cccn2)c(CN2CCN([C@H]3CCNC3)CC2)c1. The number of ether oxygens (including phenoxy) is 1. The fourth-order valence-corrected chi connectivity index (χ4v) is 3.93. The van der Waals surface area contributed by atoms with Crippen LogP contribution >= 0.6 is 0 Å². The lowest BCUT2D eigenvalue weighted by molar-refractivity contribution is 0.0980. The quantitative estimate of drug-likeness (QED) is 0.890. The Morgan fingerprint density at radius 1 is 1.24 bits per heavy atom. The van der Waals surface area contributed by atoms with Crippen molar-refractivity contribution in [2.45, 2.75) is 19.0 Å². The zero-order chi connectivity index (χ0) is 17.1. The molecule has 6 nitrogen and oxygen atoms in total. The van der Waals surface area contributed by atoms with Crippen molar-refractivity contribution in [3.05, 3.63) is 42.2 Å². The molecule has 0 aliphatic carbocycles. The topological polar surface area (TPSA) is 45.6 Å². The summed E-state index contributed by atoms with van der Waals surface area (Å²) in [5.74, 6) is 0.904. The minimum atomic E-state index is 0.735. The molecule has 1 atom stereocenters. The number of nitrogens with one attached hydrogen (secondary N) is 1. The Bertz CT molecular complexity index is 673. The smallest absolute Gasteiger partial charge is 0.119 e. The maximum absolute atomic E-state index is 5.44. The van der Waals surface area contributed by atoms with Crippen LogP contribution in [0.15, 0.2) is 36.7 Å². The molecule has 2 aliphatic rings. The molecule has 1 N–H and O–H groups in total. The van der Waals surface area contributed by atoms with Crippen LogP contribution in [0.5, 0.6) is 5.75 Å². The van der Waals surface area contributed by atoms with Gasteiger partial charge in [-0.05, 0) is 42.8 Å². The number of benzene rings is 1. The van der Waals surface area contributed by atoms with Crippen molar-refractivity contribution in [2.75, 3.05) is 46.4 Å². The second-order valence-electron chi connectivity index (χ2n) is 6.90. The highest BCUT2D eigenvalue weighted by molar-refractivity contribution is 5.45. The van der Waals surface area contributed by atoms with E-state index in [1.807, 2.05) is 29.2 Å². The van der Waals surface area contributed by atoms with Gasteiger partial charge in [0.15, 0.2) is 0 Å². The first-order chi connectivity index (χ1) is 12.3. The van der Waals surface area contributed by atoms with E-state index >= 15 is 0 Å². The van der Waals surface area contributed by atoms with Crippen molar-refractivity contribution in [1.82, 2.24) is 24.9 Å². The van der Waals surface area contributed by atoms with E-state index in [4.69, 9.17) is 4.74 Å². The highest BCUT2D eigenvalue weighted by Gasteiger charge is 2.26. The number of hydrogen-bond acceptors (Lipinski definition) is 5. The molecule has 2 saturated heterocycles. The van der Waals surface area contributed by atoms with Gasteiger partial charge in [0.05, 0.1) is 12.8 Å². The number of nitrogens with zero attached hydrogens (tertiary/aromatic N) is 4. The van der Waals surface area contributed by atoms with E-state index in [2.05, 4.69) is 32.3 Å². The average Bonchev–Trinajstić information content (AvgIpc) is 3.36. The summed E-state index contributed by atoms with van der Waals surface area (Å²) in [6.07, 6.45) is 5.11. The van der Waals surface area contributed by atoms with Gasteiger partial charge < -0.3 is 10.1 Å². The Kier molecular flexibility index (Phi) is 5.01. The van der Waals surface area contributed by atoms with Gasteiger partial charge in [-0.1, -0.05) is 0 Å². The molecule has 0 bridgehead atoms. The van der Waals surface area contributed by atoms with Crippen LogP contribution in [0.25, 0.3) is 5.69 Å². The van der Waals surface area contributed by atoms with Crippen molar-refractivity contribution < 1.29 is 4.74 Å². The third kappa shape index (κ3) is 3.71. The Labute approximate surface area is 149 Å². The van der Waals surface area contributed by atoms with Gasteiger partial charge in [0, 0.05) is 57.7 Å². The number of aromatic nitrogens is 2. The number of rotatable bonds is 5. The summed E-state index contributed by atoms with van der Waals surface area (Å²) in [7, 11) is 1.72. The molecular formula is C19H27N5O. The lowest BCUT2D eigenvalue weighted by atomic mass is 10.1. The Morgan fingerprint density at radius 3 is 2.80 bits per heavy atom. The molecule has 3 heterocycles. The third-order valence-electron chi connectivity index (χ3n) is 5.39. The molecular weight excluding hydrogens is 314 g/mol. The maximum Gasteiger partial charge on any atom is 0.119 e. The van der Waals surface area contributed by atoms with Crippen LogP contribution < -0.4 is 10.1 Å². The summed E-state index contributed by atoms with van der Waals surface area (Å²) >= 11 is 0. The predicted octanol–water partition coefficient (Wildman–Crippen LogP) is 1.36. The molecule has 2 aliphatic heterocycles. The Hall–Kier alpha value is -1.89. The maximum atomic E-state index is 5.44. The van der Waals surface area contributed by atoms with Crippen molar-refractivity contribution in [3.63, 3.8) is 0 Å². The summed E-state index contributed by atoms with van der Waals surface area (Å²) in [6.45, 7) is 7.81. The molecule has 0 radical (unpaired) electrons. The van der Waals surface area contributed by atoms with E-state index in [9.17, 15) is 0 Å². The zero-order valence-electron chi connectivity index (χ0n) is 14.9. The van der Waals surface area contributed by atoms with Crippen LogP contribution in [0.2, 0.25) is 0 Å². The molecule has 2 fully saturated rings. The first-order valence-corrected chi connectivity index (χ1v) is 9.17. The fourth-order valence-electron chi connectivity index (χ4n) is 3.93. The molecule has 25 heavy (non-hydrogen) atoms. The molecule has 0 unspecified atom stereocenters. The highest BCUT2D eigenvalue weighted by Crippen LogP contribution is 2.23. The molecule has 134 valence electrons. The predicted molar refractivity (Wildman–Crippen MR) is 98.2 cm³/mol. The normalized spacial score (nSPS) is 22.4. The van der Waals surface area contributed by atoms with Gasteiger partial charge in [0.1, 0.15) is 5.75 Å². The average molecular weight is 341 g/mol. The zero-order valence-corrected chi connectivity index (χ0v) is 14.9. The number of methoxy groups -OCH3 is 1.